The Morgan fingerprint density at radius 3 is 2.27 bits per heavy atom. The lowest BCUT2D eigenvalue weighted by Gasteiger charge is -2.21. The van der Waals surface area contributed by atoms with Crippen molar-refractivity contribution >= 4 is 23.8 Å². The summed E-state index contributed by atoms with van der Waals surface area (Å²) in [4.78, 5) is 46.2. The highest BCUT2D eigenvalue weighted by molar-refractivity contribution is 5.90. The van der Waals surface area contributed by atoms with Crippen LogP contribution in [0.3, 0.4) is 0 Å². The van der Waals surface area contributed by atoms with E-state index in [1.165, 1.54) is 0 Å². The summed E-state index contributed by atoms with van der Waals surface area (Å²) >= 11 is 0. The molecule has 1 aromatic carbocycles. The second kappa shape index (κ2) is 10.7. The molecule has 0 aliphatic heterocycles. The van der Waals surface area contributed by atoms with E-state index in [1.54, 1.807) is 13.8 Å². The second-order valence-electron chi connectivity index (χ2n) is 5.89. The Morgan fingerprint density at radius 1 is 1.04 bits per heavy atom. The van der Waals surface area contributed by atoms with E-state index < -0.39 is 29.9 Å². The third kappa shape index (κ3) is 8.13. The maximum Gasteiger partial charge on any atom is 0.408 e. The molecule has 0 aliphatic rings. The molecule has 1 aromatic rings. The van der Waals surface area contributed by atoms with Gasteiger partial charge in [-0.1, -0.05) is 44.2 Å². The van der Waals surface area contributed by atoms with Gasteiger partial charge in [-0.3, -0.25) is 14.4 Å². The summed E-state index contributed by atoms with van der Waals surface area (Å²) in [5.41, 5.74) is 5.73. The summed E-state index contributed by atoms with van der Waals surface area (Å²) < 4.78 is 5.09. The average Bonchev–Trinajstić information content (AvgIpc) is 2.61. The highest BCUT2D eigenvalue weighted by atomic mass is 16.5. The van der Waals surface area contributed by atoms with E-state index in [9.17, 15) is 19.2 Å². The van der Waals surface area contributed by atoms with E-state index in [0.717, 1.165) is 5.56 Å². The van der Waals surface area contributed by atoms with Gasteiger partial charge in [0.05, 0.1) is 13.1 Å². The van der Waals surface area contributed by atoms with E-state index >= 15 is 0 Å². The minimum atomic E-state index is -0.873. The van der Waals surface area contributed by atoms with Gasteiger partial charge in [-0.15, -0.1) is 0 Å². The normalized spacial score (nSPS) is 11.3. The fourth-order valence-electron chi connectivity index (χ4n) is 1.95. The Kier molecular flexibility index (Phi) is 8.62. The largest absolute Gasteiger partial charge is 0.445 e. The minimum Gasteiger partial charge on any atom is -0.445 e. The number of hydrogen-bond donors (Lipinski definition) is 4. The molecule has 0 heterocycles. The molecule has 0 aliphatic carbocycles. The predicted octanol–water partition coefficient (Wildman–Crippen LogP) is -0.345. The van der Waals surface area contributed by atoms with Crippen LogP contribution >= 0.6 is 0 Å². The van der Waals surface area contributed by atoms with Crippen LogP contribution in [0.15, 0.2) is 30.3 Å². The molecule has 1 atom stereocenters. The van der Waals surface area contributed by atoms with Crippen LogP contribution in [0.25, 0.3) is 0 Å². The topological polar surface area (TPSA) is 140 Å². The Hall–Kier alpha value is -3.10. The highest BCUT2D eigenvalue weighted by Crippen LogP contribution is 2.04. The number of carbonyl (C=O) groups excluding carboxylic acids is 4. The molecular weight excluding hydrogens is 340 g/mol. The first kappa shape index (κ1) is 20.9. The van der Waals surface area contributed by atoms with Gasteiger partial charge in [0.1, 0.15) is 12.6 Å². The number of benzene rings is 1. The van der Waals surface area contributed by atoms with Crippen LogP contribution in [0.4, 0.5) is 4.79 Å². The zero-order chi connectivity index (χ0) is 19.5. The van der Waals surface area contributed by atoms with E-state index in [0.29, 0.717) is 0 Å². The van der Waals surface area contributed by atoms with Crippen molar-refractivity contribution in [1.29, 1.82) is 0 Å². The van der Waals surface area contributed by atoms with Crippen LogP contribution in [0.2, 0.25) is 0 Å². The molecule has 0 aromatic heterocycles. The standard InChI is InChI=1S/C17H24N4O5/c1-11(2)15(16(24)20-9-14(23)19-8-13(18)22)21-17(25)26-10-12-6-4-3-5-7-12/h3-7,11,15H,8-10H2,1-2H3,(H2,18,22)(H,19,23)(H,20,24)(H,21,25)/t15-/m0/s1. The quantitative estimate of drug-likeness (QED) is 0.474. The lowest BCUT2D eigenvalue weighted by Crippen LogP contribution is -2.51. The van der Waals surface area contributed by atoms with Crippen LogP contribution < -0.4 is 21.7 Å². The van der Waals surface area contributed by atoms with E-state index in [2.05, 4.69) is 16.0 Å². The van der Waals surface area contributed by atoms with Gasteiger partial charge in [-0.25, -0.2) is 4.79 Å². The maximum absolute atomic E-state index is 12.2. The summed E-state index contributed by atoms with van der Waals surface area (Å²) in [6.07, 6.45) is -0.735. The third-order valence-corrected chi connectivity index (χ3v) is 3.32. The smallest absolute Gasteiger partial charge is 0.408 e. The van der Waals surface area contributed by atoms with E-state index in [4.69, 9.17) is 10.5 Å². The number of alkyl carbamates (subject to hydrolysis) is 1. The zero-order valence-electron chi connectivity index (χ0n) is 14.8. The molecule has 142 valence electrons. The lowest BCUT2D eigenvalue weighted by molar-refractivity contribution is -0.128. The number of nitrogens with one attached hydrogen (secondary N) is 3. The summed E-state index contributed by atoms with van der Waals surface area (Å²) in [5.74, 6) is -2.02. The molecule has 0 saturated carbocycles. The molecule has 4 amide bonds. The second-order valence-corrected chi connectivity index (χ2v) is 5.89. The molecule has 0 radical (unpaired) electrons. The maximum atomic E-state index is 12.2. The third-order valence-electron chi connectivity index (χ3n) is 3.32. The van der Waals surface area contributed by atoms with Crippen molar-refractivity contribution < 1.29 is 23.9 Å². The van der Waals surface area contributed by atoms with Crippen LogP contribution in [-0.4, -0.2) is 42.9 Å². The van der Waals surface area contributed by atoms with Crippen molar-refractivity contribution in [3.8, 4) is 0 Å². The molecule has 1 rings (SSSR count). The summed E-state index contributed by atoms with van der Waals surface area (Å²) in [6.45, 7) is 2.92. The van der Waals surface area contributed by atoms with Gasteiger partial charge < -0.3 is 26.4 Å². The van der Waals surface area contributed by atoms with Crippen LogP contribution in [0.5, 0.6) is 0 Å². The van der Waals surface area contributed by atoms with Crippen molar-refractivity contribution in [1.82, 2.24) is 16.0 Å². The highest BCUT2D eigenvalue weighted by Gasteiger charge is 2.25. The zero-order valence-corrected chi connectivity index (χ0v) is 14.8. The number of carbonyl (C=O) groups is 4. The molecule has 0 saturated heterocycles. The number of primary amides is 1. The SMILES string of the molecule is CC(C)[C@H](NC(=O)OCc1ccccc1)C(=O)NCC(=O)NCC(N)=O. The van der Waals surface area contributed by atoms with Gasteiger partial charge in [-0.2, -0.15) is 0 Å². The Bertz CT molecular complexity index is 633. The first-order valence-corrected chi connectivity index (χ1v) is 8.09. The number of hydrogen-bond acceptors (Lipinski definition) is 5. The molecule has 0 bridgehead atoms. The molecule has 9 heteroatoms. The molecule has 0 fully saturated rings. The van der Waals surface area contributed by atoms with Gasteiger partial charge in [-0.05, 0) is 11.5 Å². The monoisotopic (exact) mass is 364 g/mol. The number of nitrogens with two attached hydrogens (primary N) is 1. The van der Waals surface area contributed by atoms with E-state index in [-0.39, 0.29) is 25.6 Å². The van der Waals surface area contributed by atoms with Crippen molar-refractivity contribution in [2.24, 2.45) is 11.7 Å². The fourth-order valence-corrected chi connectivity index (χ4v) is 1.95. The van der Waals surface area contributed by atoms with Crippen LogP contribution in [-0.2, 0) is 25.7 Å². The molecule has 5 N–H and O–H groups in total. The molecule has 0 unspecified atom stereocenters. The van der Waals surface area contributed by atoms with Crippen LogP contribution in [0.1, 0.15) is 19.4 Å². The Morgan fingerprint density at radius 2 is 1.69 bits per heavy atom. The van der Waals surface area contributed by atoms with Crippen molar-refractivity contribution in [2.75, 3.05) is 13.1 Å². The molecular formula is C17H24N4O5. The van der Waals surface area contributed by atoms with Crippen molar-refractivity contribution in [3.63, 3.8) is 0 Å². The van der Waals surface area contributed by atoms with Gasteiger partial charge in [0.25, 0.3) is 0 Å². The van der Waals surface area contributed by atoms with Crippen LogP contribution in [0, 0.1) is 5.92 Å². The Labute approximate surface area is 151 Å². The summed E-state index contributed by atoms with van der Waals surface area (Å²) in [7, 11) is 0. The van der Waals surface area contributed by atoms with Crippen molar-refractivity contribution in [3.05, 3.63) is 35.9 Å². The predicted molar refractivity (Wildman–Crippen MR) is 93.6 cm³/mol. The number of amides is 4. The minimum absolute atomic E-state index is 0.0780. The average molecular weight is 364 g/mol. The lowest BCUT2D eigenvalue weighted by atomic mass is 10.0. The van der Waals surface area contributed by atoms with E-state index in [1.807, 2.05) is 30.3 Å². The number of rotatable bonds is 9. The van der Waals surface area contributed by atoms with Gasteiger partial charge in [0.2, 0.25) is 17.7 Å². The molecule has 26 heavy (non-hydrogen) atoms. The Balaban J connectivity index is 2.45. The molecule has 9 nitrogen and oxygen atoms in total. The first-order chi connectivity index (χ1) is 12.3. The van der Waals surface area contributed by atoms with Gasteiger partial charge >= 0.3 is 6.09 Å². The van der Waals surface area contributed by atoms with Crippen molar-refractivity contribution in [2.45, 2.75) is 26.5 Å². The summed E-state index contributed by atoms with van der Waals surface area (Å²) in [6, 6.07) is 8.24. The van der Waals surface area contributed by atoms with Gasteiger partial charge in [0, 0.05) is 0 Å². The first-order valence-electron chi connectivity index (χ1n) is 8.09. The summed E-state index contributed by atoms with van der Waals surface area (Å²) in [5, 5.41) is 7.12. The number of ether oxygens (including phenoxy) is 1. The fraction of sp³-hybridized carbons (Fsp3) is 0.412. The van der Waals surface area contributed by atoms with Gasteiger partial charge in [0.15, 0.2) is 0 Å². The molecule has 0 spiro atoms.